The molecule has 0 radical (unpaired) electrons. The van der Waals surface area contributed by atoms with Gasteiger partial charge < -0.3 is 9.47 Å². The number of ether oxygens (including phenoxy) is 2. The van der Waals surface area contributed by atoms with Crippen molar-refractivity contribution in [2.75, 3.05) is 19.5 Å². The molecular formula is C15H25NO4S. The van der Waals surface area contributed by atoms with Crippen LogP contribution in [0.5, 0.6) is 11.5 Å². The van der Waals surface area contributed by atoms with Crippen molar-refractivity contribution in [3.63, 3.8) is 0 Å². The summed E-state index contributed by atoms with van der Waals surface area (Å²) in [5, 5.41) is 5.17. The highest BCUT2D eigenvalue weighted by atomic mass is 32.2. The third kappa shape index (κ3) is 5.93. The topological polar surface area (TPSA) is 78.6 Å². The van der Waals surface area contributed by atoms with E-state index in [9.17, 15) is 8.42 Å². The molecule has 21 heavy (non-hydrogen) atoms. The van der Waals surface area contributed by atoms with Gasteiger partial charge in [-0.15, -0.1) is 0 Å². The molecule has 1 unspecified atom stereocenters. The SMILES string of the molecule is COc1cc(C)ccc1OCC(CS(N)(=O)=O)C(C)(C)C. The van der Waals surface area contributed by atoms with Crippen LogP contribution in [-0.4, -0.2) is 27.9 Å². The van der Waals surface area contributed by atoms with E-state index in [1.165, 1.54) is 0 Å². The number of hydrogen-bond donors (Lipinski definition) is 1. The molecule has 0 fully saturated rings. The van der Waals surface area contributed by atoms with Crippen molar-refractivity contribution >= 4 is 10.0 Å². The van der Waals surface area contributed by atoms with Gasteiger partial charge in [-0.05, 0) is 30.0 Å². The molecule has 120 valence electrons. The first-order valence-electron chi connectivity index (χ1n) is 6.81. The van der Waals surface area contributed by atoms with Crippen molar-refractivity contribution < 1.29 is 17.9 Å². The van der Waals surface area contributed by atoms with Gasteiger partial charge in [-0.1, -0.05) is 26.8 Å². The van der Waals surface area contributed by atoms with E-state index in [2.05, 4.69) is 0 Å². The zero-order valence-electron chi connectivity index (χ0n) is 13.3. The van der Waals surface area contributed by atoms with Crippen molar-refractivity contribution in [3.8, 4) is 11.5 Å². The van der Waals surface area contributed by atoms with Crippen molar-refractivity contribution in [1.29, 1.82) is 0 Å². The largest absolute Gasteiger partial charge is 0.493 e. The van der Waals surface area contributed by atoms with E-state index >= 15 is 0 Å². The highest BCUT2D eigenvalue weighted by Gasteiger charge is 2.29. The molecule has 1 atom stereocenters. The van der Waals surface area contributed by atoms with Crippen LogP contribution in [-0.2, 0) is 10.0 Å². The van der Waals surface area contributed by atoms with E-state index in [-0.39, 0.29) is 23.7 Å². The van der Waals surface area contributed by atoms with Crippen molar-refractivity contribution in [2.45, 2.75) is 27.7 Å². The average Bonchev–Trinajstić information content (AvgIpc) is 2.32. The first kappa shape index (κ1) is 17.8. The molecule has 2 N–H and O–H groups in total. The maximum absolute atomic E-state index is 11.4. The normalized spacial score (nSPS) is 13.8. The van der Waals surface area contributed by atoms with Gasteiger partial charge >= 0.3 is 0 Å². The van der Waals surface area contributed by atoms with E-state index in [4.69, 9.17) is 14.6 Å². The smallest absolute Gasteiger partial charge is 0.209 e. The van der Waals surface area contributed by atoms with E-state index in [1.807, 2.05) is 45.9 Å². The fourth-order valence-corrected chi connectivity index (χ4v) is 3.07. The molecule has 0 heterocycles. The Morgan fingerprint density at radius 2 is 1.86 bits per heavy atom. The zero-order chi connectivity index (χ0) is 16.3. The van der Waals surface area contributed by atoms with Crippen LogP contribution in [0.25, 0.3) is 0 Å². The monoisotopic (exact) mass is 315 g/mol. The first-order valence-corrected chi connectivity index (χ1v) is 8.52. The Bertz CT molecular complexity index is 576. The molecule has 0 aliphatic rings. The summed E-state index contributed by atoms with van der Waals surface area (Å²) in [7, 11) is -1.97. The van der Waals surface area contributed by atoms with Gasteiger partial charge in [0.1, 0.15) is 0 Å². The maximum atomic E-state index is 11.4. The predicted molar refractivity (Wildman–Crippen MR) is 84.1 cm³/mol. The van der Waals surface area contributed by atoms with Gasteiger partial charge in [0.05, 0.1) is 19.5 Å². The quantitative estimate of drug-likeness (QED) is 0.874. The third-order valence-electron chi connectivity index (χ3n) is 3.42. The molecular weight excluding hydrogens is 290 g/mol. The van der Waals surface area contributed by atoms with Gasteiger partial charge in [0.15, 0.2) is 11.5 Å². The van der Waals surface area contributed by atoms with Crippen LogP contribution in [0.15, 0.2) is 18.2 Å². The summed E-state index contributed by atoms with van der Waals surface area (Å²) in [4.78, 5) is 0. The highest BCUT2D eigenvalue weighted by molar-refractivity contribution is 7.89. The molecule has 6 heteroatoms. The second kappa shape index (κ2) is 6.66. The lowest BCUT2D eigenvalue weighted by Crippen LogP contribution is -2.35. The highest BCUT2D eigenvalue weighted by Crippen LogP contribution is 2.31. The number of methoxy groups -OCH3 is 1. The number of hydrogen-bond acceptors (Lipinski definition) is 4. The molecule has 0 saturated heterocycles. The molecule has 1 aromatic rings. The molecule has 5 nitrogen and oxygen atoms in total. The number of primary sulfonamides is 1. The second-order valence-electron chi connectivity index (χ2n) is 6.36. The number of nitrogens with two attached hydrogens (primary N) is 1. The number of aryl methyl sites for hydroxylation is 1. The molecule has 1 rings (SSSR count). The zero-order valence-corrected chi connectivity index (χ0v) is 14.2. The Kier molecular flexibility index (Phi) is 5.64. The van der Waals surface area contributed by atoms with Crippen molar-refractivity contribution in [3.05, 3.63) is 23.8 Å². The molecule has 0 amide bonds. The number of sulfonamides is 1. The van der Waals surface area contributed by atoms with Gasteiger partial charge in [-0.3, -0.25) is 0 Å². The summed E-state index contributed by atoms with van der Waals surface area (Å²) in [5.41, 5.74) is 0.834. The summed E-state index contributed by atoms with van der Waals surface area (Å²) in [5.74, 6) is 0.925. The van der Waals surface area contributed by atoms with E-state index in [1.54, 1.807) is 7.11 Å². The van der Waals surface area contributed by atoms with Crippen LogP contribution in [0.4, 0.5) is 0 Å². The molecule has 0 aliphatic heterocycles. The van der Waals surface area contributed by atoms with Crippen LogP contribution >= 0.6 is 0 Å². The maximum Gasteiger partial charge on any atom is 0.209 e. The summed E-state index contributed by atoms with van der Waals surface area (Å²) < 4.78 is 33.8. The number of rotatable bonds is 6. The molecule has 1 aromatic carbocycles. The lowest BCUT2D eigenvalue weighted by molar-refractivity contribution is 0.159. The van der Waals surface area contributed by atoms with Crippen molar-refractivity contribution in [1.82, 2.24) is 0 Å². The second-order valence-corrected chi connectivity index (χ2v) is 8.02. The van der Waals surface area contributed by atoms with Gasteiger partial charge in [0, 0.05) is 5.92 Å². The molecule has 0 bridgehead atoms. The molecule has 0 saturated carbocycles. The summed E-state index contributed by atoms with van der Waals surface area (Å²) >= 11 is 0. The Balaban J connectivity index is 2.87. The van der Waals surface area contributed by atoms with Gasteiger partial charge in [-0.2, -0.15) is 0 Å². The minimum absolute atomic E-state index is 0.106. The standard InChI is InChI=1S/C15H25NO4S/c1-11-6-7-13(14(8-11)19-5)20-9-12(15(2,3)4)10-21(16,17)18/h6-8,12H,9-10H2,1-5H3,(H2,16,17,18). The summed E-state index contributed by atoms with van der Waals surface area (Å²) in [6.45, 7) is 8.14. The van der Waals surface area contributed by atoms with Gasteiger partial charge in [0.25, 0.3) is 0 Å². The molecule has 0 spiro atoms. The third-order valence-corrected chi connectivity index (χ3v) is 4.28. The first-order chi connectivity index (χ1) is 9.53. The Labute approximate surface area is 127 Å². The summed E-state index contributed by atoms with van der Waals surface area (Å²) in [6.07, 6.45) is 0. The van der Waals surface area contributed by atoms with Gasteiger partial charge in [0.2, 0.25) is 10.0 Å². The van der Waals surface area contributed by atoms with Crippen LogP contribution < -0.4 is 14.6 Å². The van der Waals surface area contributed by atoms with Crippen LogP contribution in [0.2, 0.25) is 0 Å². The Hall–Kier alpha value is -1.27. The van der Waals surface area contributed by atoms with Crippen LogP contribution in [0, 0.1) is 18.3 Å². The van der Waals surface area contributed by atoms with E-state index in [0.717, 1.165) is 5.56 Å². The summed E-state index contributed by atoms with van der Waals surface area (Å²) in [6, 6.07) is 5.62. The minimum Gasteiger partial charge on any atom is -0.493 e. The lowest BCUT2D eigenvalue weighted by atomic mass is 9.82. The van der Waals surface area contributed by atoms with Crippen LogP contribution in [0.1, 0.15) is 26.3 Å². The lowest BCUT2D eigenvalue weighted by Gasteiger charge is -2.30. The Morgan fingerprint density at radius 3 is 2.33 bits per heavy atom. The molecule has 0 aromatic heterocycles. The van der Waals surface area contributed by atoms with E-state index < -0.39 is 10.0 Å². The minimum atomic E-state index is -3.54. The fraction of sp³-hybridized carbons (Fsp3) is 0.600. The van der Waals surface area contributed by atoms with Crippen molar-refractivity contribution in [2.24, 2.45) is 16.5 Å². The van der Waals surface area contributed by atoms with Crippen LogP contribution in [0.3, 0.4) is 0 Å². The van der Waals surface area contributed by atoms with E-state index in [0.29, 0.717) is 11.5 Å². The Morgan fingerprint density at radius 1 is 1.24 bits per heavy atom. The molecule has 0 aliphatic carbocycles. The fourth-order valence-electron chi connectivity index (χ4n) is 1.91. The number of benzene rings is 1. The average molecular weight is 315 g/mol. The predicted octanol–water partition coefficient (Wildman–Crippen LogP) is 2.33. The van der Waals surface area contributed by atoms with Gasteiger partial charge in [-0.25, -0.2) is 13.6 Å².